The number of amides is 1. The van der Waals surface area contributed by atoms with E-state index in [4.69, 9.17) is 0 Å². The number of aromatic nitrogens is 1. The maximum absolute atomic E-state index is 13.6. The van der Waals surface area contributed by atoms with Crippen molar-refractivity contribution in [3.05, 3.63) is 74.9 Å². The Labute approximate surface area is 252 Å². The summed E-state index contributed by atoms with van der Waals surface area (Å²) in [6.07, 6.45) is 9.96. The molecule has 0 aliphatic heterocycles. The topological polar surface area (TPSA) is 97.5 Å². The summed E-state index contributed by atoms with van der Waals surface area (Å²) < 4.78 is 0.820. The molecule has 2 fully saturated rings. The van der Waals surface area contributed by atoms with Crippen molar-refractivity contribution in [2.75, 3.05) is 39.3 Å². The first kappa shape index (κ1) is 29.1. The van der Waals surface area contributed by atoms with Gasteiger partial charge in [-0.15, -0.1) is 0 Å². The Morgan fingerprint density at radius 2 is 1.88 bits per heavy atom. The number of nitrogens with zero attached hydrogens (tertiary/aromatic N) is 1. The molecule has 0 spiro atoms. The van der Waals surface area contributed by atoms with Gasteiger partial charge in [0.25, 0.3) is 0 Å². The highest BCUT2D eigenvalue weighted by Crippen LogP contribution is 2.59. The molecule has 3 aliphatic carbocycles. The largest absolute Gasteiger partial charge is 0.506 e. The molecule has 8 heteroatoms. The van der Waals surface area contributed by atoms with Crippen LogP contribution in [0.1, 0.15) is 50.2 Å². The SMILES string of the molecule is CC1(CN(CCNCCc2ccc(O)c3[nH]c(=O)sc23)C(=O)CCNCCc2ccccc2)C=C2CC3CC(CC23)C1. The van der Waals surface area contributed by atoms with Crippen LogP contribution in [-0.4, -0.2) is 60.2 Å². The molecule has 4 unspecified atom stereocenters. The molecule has 224 valence electrons. The summed E-state index contributed by atoms with van der Waals surface area (Å²) in [5.74, 6) is 2.87. The maximum atomic E-state index is 13.6. The second-order valence-electron chi connectivity index (χ2n) is 13.0. The van der Waals surface area contributed by atoms with Crippen molar-refractivity contribution in [3.63, 3.8) is 0 Å². The first-order chi connectivity index (χ1) is 20.4. The number of allylic oxidation sites excluding steroid dienone is 1. The molecule has 2 saturated carbocycles. The molecular formula is C34H44N4O3S. The van der Waals surface area contributed by atoms with Crippen molar-refractivity contribution >= 4 is 27.5 Å². The number of H-pyrrole nitrogens is 1. The van der Waals surface area contributed by atoms with Crippen LogP contribution in [0.15, 0.2) is 58.9 Å². The van der Waals surface area contributed by atoms with Crippen molar-refractivity contribution in [1.29, 1.82) is 0 Å². The number of carbonyl (C=O) groups excluding carboxylic acids is 1. The van der Waals surface area contributed by atoms with Gasteiger partial charge in [-0.25, -0.2) is 0 Å². The highest BCUT2D eigenvalue weighted by atomic mass is 32.1. The molecule has 1 aromatic heterocycles. The van der Waals surface area contributed by atoms with Gasteiger partial charge in [0.2, 0.25) is 5.91 Å². The number of carbonyl (C=O) groups is 1. The van der Waals surface area contributed by atoms with Gasteiger partial charge in [-0.2, -0.15) is 0 Å². The van der Waals surface area contributed by atoms with Gasteiger partial charge in [-0.05, 0) is 86.6 Å². The number of benzene rings is 2. The van der Waals surface area contributed by atoms with Crippen molar-refractivity contribution in [2.45, 2.75) is 51.9 Å². The van der Waals surface area contributed by atoms with Crippen LogP contribution in [0.5, 0.6) is 5.75 Å². The highest BCUT2D eigenvalue weighted by molar-refractivity contribution is 7.16. The zero-order chi connectivity index (χ0) is 29.1. The Kier molecular flexibility index (Phi) is 8.84. The lowest BCUT2D eigenvalue weighted by Gasteiger charge is -2.40. The van der Waals surface area contributed by atoms with E-state index >= 15 is 0 Å². The van der Waals surface area contributed by atoms with Gasteiger partial charge in [-0.1, -0.05) is 66.3 Å². The Bertz CT molecular complexity index is 1480. The quantitative estimate of drug-likeness (QED) is 0.159. The fourth-order valence-electron chi connectivity index (χ4n) is 7.74. The third-order valence-corrected chi connectivity index (χ3v) is 10.6. The number of phenols is 1. The minimum absolute atomic E-state index is 0.0416. The van der Waals surface area contributed by atoms with E-state index in [2.05, 4.69) is 57.8 Å². The minimum Gasteiger partial charge on any atom is -0.506 e. The predicted octanol–water partition coefficient (Wildman–Crippen LogP) is 4.86. The van der Waals surface area contributed by atoms with Crippen LogP contribution in [-0.2, 0) is 17.6 Å². The number of aromatic hydroxyl groups is 1. The third kappa shape index (κ3) is 6.66. The zero-order valence-electron chi connectivity index (χ0n) is 24.7. The van der Waals surface area contributed by atoms with E-state index in [1.54, 1.807) is 11.6 Å². The molecular weight excluding hydrogens is 544 g/mol. The van der Waals surface area contributed by atoms with Crippen LogP contribution < -0.4 is 15.5 Å². The second-order valence-corrected chi connectivity index (χ2v) is 14.0. The van der Waals surface area contributed by atoms with Gasteiger partial charge in [0, 0.05) is 38.0 Å². The standard InChI is InChI=1S/C34H44N4O3S/c1-34(20-24-17-26-19-27(21-34)28(26)18-24)22-38(30(40)11-14-35-12-9-23-5-3-2-4-6-23)16-15-36-13-10-25-7-8-29(39)31-32(25)42-33(41)37-31/h2-8,21,24,26,28,35-36,39H,9-20,22H2,1H3,(H,37,41). The van der Waals surface area contributed by atoms with Crippen LogP contribution >= 0.6 is 11.3 Å². The Morgan fingerprint density at radius 1 is 1.07 bits per heavy atom. The first-order valence-electron chi connectivity index (χ1n) is 15.7. The molecule has 0 saturated heterocycles. The number of rotatable bonds is 14. The molecule has 0 radical (unpaired) electrons. The summed E-state index contributed by atoms with van der Waals surface area (Å²) in [6.45, 7) is 6.85. The molecule has 2 bridgehead atoms. The van der Waals surface area contributed by atoms with Gasteiger partial charge in [0.15, 0.2) is 0 Å². The highest BCUT2D eigenvalue weighted by Gasteiger charge is 2.49. The number of hydrogen-bond acceptors (Lipinski definition) is 6. The second kappa shape index (κ2) is 12.7. The van der Waals surface area contributed by atoms with E-state index in [1.165, 1.54) is 31.2 Å². The fraction of sp³-hybridized carbons (Fsp3) is 0.529. The van der Waals surface area contributed by atoms with Crippen LogP contribution in [0.2, 0.25) is 0 Å². The summed E-state index contributed by atoms with van der Waals surface area (Å²) in [5, 5.41) is 17.1. The van der Waals surface area contributed by atoms with Crippen molar-refractivity contribution in [1.82, 2.24) is 20.5 Å². The van der Waals surface area contributed by atoms with E-state index in [0.29, 0.717) is 25.0 Å². The van der Waals surface area contributed by atoms with Gasteiger partial charge in [-0.3, -0.25) is 9.59 Å². The smallest absolute Gasteiger partial charge is 0.305 e. The number of aromatic amines is 1. The van der Waals surface area contributed by atoms with E-state index < -0.39 is 0 Å². The first-order valence-corrected chi connectivity index (χ1v) is 16.5. The zero-order valence-corrected chi connectivity index (χ0v) is 25.5. The van der Waals surface area contributed by atoms with E-state index in [9.17, 15) is 14.7 Å². The van der Waals surface area contributed by atoms with Crippen LogP contribution in [0, 0.1) is 23.2 Å². The lowest BCUT2D eigenvalue weighted by atomic mass is 9.67. The molecule has 3 aliphatic rings. The number of fused-ring (bicyclic) bond motifs is 2. The molecule has 42 heavy (non-hydrogen) atoms. The van der Waals surface area contributed by atoms with Crippen molar-refractivity contribution in [2.24, 2.45) is 23.2 Å². The Morgan fingerprint density at radius 3 is 2.74 bits per heavy atom. The van der Waals surface area contributed by atoms with Crippen LogP contribution in [0.25, 0.3) is 10.2 Å². The molecule has 7 nitrogen and oxygen atoms in total. The van der Waals surface area contributed by atoms with Crippen molar-refractivity contribution in [3.8, 4) is 5.75 Å². The average molecular weight is 589 g/mol. The van der Waals surface area contributed by atoms with Crippen molar-refractivity contribution < 1.29 is 9.90 Å². The summed E-state index contributed by atoms with van der Waals surface area (Å²) in [4.78, 5) is 30.1. The Balaban J connectivity index is 1.03. The lowest BCUT2D eigenvalue weighted by molar-refractivity contribution is -0.132. The van der Waals surface area contributed by atoms with Gasteiger partial charge >= 0.3 is 4.87 Å². The summed E-state index contributed by atoms with van der Waals surface area (Å²) in [6, 6.07) is 14.0. The molecule has 1 heterocycles. The molecule has 1 amide bonds. The summed E-state index contributed by atoms with van der Waals surface area (Å²) in [5.41, 5.74) is 4.57. The molecule has 6 rings (SSSR count). The normalized spacial score (nSPS) is 24.3. The summed E-state index contributed by atoms with van der Waals surface area (Å²) in [7, 11) is 0. The molecule has 4 atom stereocenters. The average Bonchev–Trinajstić information content (AvgIpc) is 3.48. The fourth-order valence-corrected chi connectivity index (χ4v) is 8.64. The van der Waals surface area contributed by atoms with E-state index in [-0.39, 0.29) is 21.9 Å². The third-order valence-electron chi connectivity index (χ3n) is 9.68. The molecule has 3 aromatic rings. The van der Waals surface area contributed by atoms with Gasteiger partial charge < -0.3 is 25.6 Å². The van der Waals surface area contributed by atoms with Crippen LogP contribution in [0.4, 0.5) is 0 Å². The number of phenolic OH excluding ortho intramolecular Hbond substituents is 1. The monoisotopic (exact) mass is 588 g/mol. The molecule has 4 N–H and O–H groups in total. The minimum atomic E-state index is -0.156. The maximum Gasteiger partial charge on any atom is 0.305 e. The van der Waals surface area contributed by atoms with Gasteiger partial charge in [0.05, 0.1) is 4.70 Å². The summed E-state index contributed by atoms with van der Waals surface area (Å²) >= 11 is 1.14. The Hall–Kier alpha value is -2.94. The van der Waals surface area contributed by atoms with Crippen LogP contribution in [0.3, 0.4) is 0 Å². The predicted molar refractivity (Wildman–Crippen MR) is 170 cm³/mol. The lowest BCUT2D eigenvalue weighted by Crippen LogP contribution is -2.44. The van der Waals surface area contributed by atoms with E-state index in [1.807, 2.05) is 12.1 Å². The number of thiazole rings is 1. The number of hydrogen-bond donors (Lipinski definition) is 4. The number of nitrogens with one attached hydrogen (secondary N) is 3. The molecule has 2 aromatic carbocycles. The van der Waals surface area contributed by atoms with Gasteiger partial charge in [0.1, 0.15) is 11.3 Å². The van der Waals surface area contributed by atoms with E-state index in [0.717, 1.165) is 78.4 Å².